The molecule has 3 nitrogen and oxygen atoms in total. The van der Waals surface area contributed by atoms with E-state index >= 15 is 0 Å². The lowest BCUT2D eigenvalue weighted by atomic mass is 9.98. The fourth-order valence-electron chi connectivity index (χ4n) is 3.88. The molecule has 0 saturated carbocycles. The topological polar surface area (TPSA) is 26.7 Å². The first-order valence-electron chi connectivity index (χ1n) is 11.9. The Morgan fingerprint density at radius 2 is 1.07 bits per heavy atom. The minimum atomic E-state index is 0.516. The molecule has 0 heterocycles. The predicted molar refractivity (Wildman–Crippen MR) is 123 cm³/mol. The van der Waals surface area contributed by atoms with Gasteiger partial charge in [0.2, 0.25) is 0 Å². The van der Waals surface area contributed by atoms with Crippen LogP contribution in [0.25, 0.3) is 0 Å². The maximum atomic E-state index is 10.9. The lowest BCUT2D eigenvalue weighted by molar-refractivity contribution is 0.281. The molecule has 0 radical (unpaired) electrons. The largest absolute Gasteiger partial charge is 0.507 e. The Hall–Kier alpha value is -1.06. The number of benzene rings is 1. The molecule has 0 fully saturated rings. The van der Waals surface area contributed by atoms with E-state index in [1.807, 2.05) is 0 Å². The van der Waals surface area contributed by atoms with Gasteiger partial charge in [-0.15, -0.1) is 0 Å². The molecule has 0 bridgehead atoms. The van der Waals surface area contributed by atoms with E-state index in [4.69, 9.17) is 0 Å². The highest BCUT2D eigenvalue weighted by Crippen LogP contribution is 2.28. The summed E-state index contributed by atoms with van der Waals surface area (Å²) in [5.41, 5.74) is 3.60. The van der Waals surface area contributed by atoms with Crippen molar-refractivity contribution >= 4 is 0 Å². The van der Waals surface area contributed by atoms with Crippen LogP contribution in [-0.2, 0) is 19.5 Å². The van der Waals surface area contributed by atoms with Crippen molar-refractivity contribution in [2.24, 2.45) is 0 Å². The third kappa shape index (κ3) is 8.96. The molecule has 0 atom stereocenters. The van der Waals surface area contributed by atoms with Crippen LogP contribution >= 0.6 is 0 Å². The standard InChI is InChI=1S/C25H46N2O/c1-6-11-12-13-14-15-16-17-22-18-23(20-26(7-2)8-3)25(28)24(19-22)21-27(9-4)10-5/h18-19,28H,6-17,20-21H2,1-5H3. The first-order valence-corrected chi connectivity index (χ1v) is 11.9. The number of rotatable bonds is 16. The Balaban J connectivity index is 2.82. The van der Waals surface area contributed by atoms with Crippen molar-refractivity contribution in [3.05, 3.63) is 28.8 Å². The van der Waals surface area contributed by atoms with Gasteiger partial charge in [0.1, 0.15) is 5.75 Å². The van der Waals surface area contributed by atoms with Crippen molar-refractivity contribution in [1.82, 2.24) is 9.80 Å². The number of unbranched alkanes of at least 4 members (excludes halogenated alkanes) is 6. The third-order valence-corrected chi connectivity index (χ3v) is 5.97. The summed E-state index contributed by atoms with van der Waals surface area (Å²) >= 11 is 0. The molecule has 0 saturated heterocycles. The van der Waals surface area contributed by atoms with Gasteiger partial charge in [-0.05, 0) is 44.6 Å². The highest BCUT2D eigenvalue weighted by molar-refractivity contribution is 5.44. The second-order valence-corrected chi connectivity index (χ2v) is 8.06. The highest BCUT2D eigenvalue weighted by atomic mass is 16.3. The van der Waals surface area contributed by atoms with Crippen molar-refractivity contribution in [3.63, 3.8) is 0 Å². The van der Waals surface area contributed by atoms with Gasteiger partial charge >= 0.3 is 0 Å². The minimum Gasteiger partial charge on any atom is -0.507 e. The van der Waals surface area contributed by atoms with E-state index in [1.54, 1.807) is 0 Å². The summed E-state index contributed by atoms with van der Waals surface area (Å²) in [6.07, 6.45) is 10.5. The summed E-state index contributed by atoms with van der Waals surface area (Å²) in [5, 5.41) is 10.9. The molecular formula is C25H46N2O. The maximum Gasteiger partial charge on any atom is 0.124 e. The van der Waals surface area contributed by atoms with Crippen molar-refractivity contribution < 1.29 is 5.11 Å². The highest BCUT2D eigenvalue weighted by Gasteiger charge is 2.14. The molecule has 0 spiro atoms. The first kappa shape index (κ1) is 25.0. The van der Waals surface area contributed by atoms with Crippen LogP contribution < -0.4 is 0 Å². The molecule has 3 heteroatoms. The fourth-order valence-corrected chi connectivity index (χ4v) is 3.88. The third-order valence-electron chi connectivity index (χ3n) is 5.97. The zero-order valence-corrected chi connectivity index (χ0v) is 19.4. The maximum absolute atomic E-state index is 10.9. The Kier molecular flexibility index (Phi) is 13.3. The van der Waals surface area contributed by atoms with E-state index in [0.717, 1.165) is 56.8 Å². The second-order valence-electron chi connectivity index (χ2n) is 8.06. The summed E-state index contributed by atoms with van der Waals surface area (Å²) in [6.45, 7) is 16.8. The molecular weight excluding hydrogens is 344 g/mol. The smallest absolute Gasteiger partial charge is 0.124 e. The number of hydrogen-bond donors (Lipinski definition) is 1. The van der Waals surface area contributed by atoms with Crippen LogP contribution in [0.1, 0.15) is 96.3 Å². The van der Waals surface area contributed by atoms with E-state index in [9.17, 15) is 5.11 Å². The molecule has 0 aliphatic heterocycles. The summed E-state index contributed by atoms with van der Waals surface area (Å²) in [4.78, 5) is 4.77. The average Bonchev–Trinajstić information content (AvgIpc) is 2.71. The Morgan fingerprint density at radius 1 is 0.643 bits per heavy atom. The SMILES string of the molecule is CCCCCCCCCc1cc(CN(CC)CC)c(O)c(CN(CC)CC)c1. The number of phenols is 1. The van der Waals surface area contributed by atoms with E-state index in [1.165, 1.54) is 50.5 Å². The average molecular weight is 391 g/mol. The van der Waals surface area contributed by atoms with Crippen molar-refractivity contribution in [2.75, 3.05) is 26.2 Å². The van der Waals surface area contributed by atoms with Gasteiger partial charge < -0.3 is 5.11 Å². The Morgan fingerprint density at radius 3 is 1.50 bits per heavy atom. The van der Waals surface area contributed by atoms with Gasteiger partial charge in [-0.2, -0.15) is 0 Å². The number of aromatic hydroxyl groups is 1. The zero-order chi connectivity index (χ0) is 20.8. The predicted octanol–water partition coefficient (Wildman–Crippen LogP) is 6.37. The molecule has 1 rings (SSSR count). The Bertz CT molecular complexity index is 486. The van der Waals surface area contributed by atoms with Crippen LogP contribution in [0, 0.1) is 0 Å². The summed E-state index contributed by atoms with van der Waals surface area (Å²) in [7, 11) is 0. The van der Waals surface area contributed by atoms with E-state index in [0.29, 0.717) is 5.75 Å². The fraction of sp³-hybridized carbons (Fsp3) is 0.760. The summed E-state index contributed by atoms with van der Waals surface area (Å²) < 4.78 is 0. The quantitative estimate of drug-likeness (QED) is 0.332. The number of hydrogen-bond acceptors (Lipinski definition) is 3. The van der Waals surface area contributed by atoms with Gasteiger partial charge in [-0.3, -0.25) is 9.80 Å². The van der Waals surface area contributed by atoms with Crippen molar-refractivity contribution in [1.29, 1.82) is 0 Å². The summed E-state index contributed by atoms with van der Waals surface area (Å²) in [6, 6.07) is 4.52. The van der Waals surface area contributed by atoms with E-state index in [-0.39, 0.29) is 0 Å². The van der Waals surface area contributed by atoms with Crippen molar-refractivity contribution in [2.45, 2.75) is 99.1 Å². The zero-order valence-electron chi connectivity index (χ0n) is 19.4. The van der Waals surface area contributed by atoms with Crippen LogP contribution in [0.15, 0.2) is 12.1 Å². The molecule has 162 valence electrons. The van der Waals surface area contributed by atoms with Crippen LogP contribution in [0.5, 0.6) is 5.75 Å². The van der Waals surface area contributed by atoms with Crippen molar-refractivity contribution in [3.8, 4) is 5.75 Å². The van der Waals surface area contributed by atoms with E-state index in [2.05, 4.69) is 56.6 Å². The molecule has 0 amide bonds. The van der Waals surface area contributed by atoms with Crippen LogP contribution in [0.4, 0.5) is 0 Å². The summed E-state index contributed by atoms with van der Waals surface area (Å²) in [5.74, 6) is 0.516. The molecule has 28 heavy (non-hydrogen) atoms. The molecule has 0 aliphatic rings. The number of aryl methyl sites for hydroxylation is 1. The molecule has 1 N–H and O–H groups in total. The minimum absolute atomic E-state index is 0.516. The molecule has 0 aromatic heterocycles. The molecule has 1 aromatic rings. The van der Waals surface area contributed by atoms with Gasteiger partial charge in [0.15, 0.2) is 0 Å². The van der Waals surface area contributed by atoms with E-state index < -0.39 is 0 Å². The van der Waals surface area contributed by atoms with Crippen LogP contribution in [0.2, 0.25) is 0 Å². The number of phenolic OH excluding ortho intramolecular Hbond substituents is 1. The monoisotopic (exact) mass is 390 g/mol. The molecule has 0 unspecified atom stereocenters. The van der Waals surface area contributed by atoms with Gasteiger partial charge in [-0.1, -0.05) is 85.3 Å². The second kappa shape index (κ2) is 14.9. The van der Waals surface area contributed by atoms with Crippen LogP contribution in [0.3, 0.4) is 0 Å². The van der Waals surface area contributed by atoms with Crippen LogP contribution in [-0.4, -0.2) is 41.1 Å². The van der Waals surface area contributed by atoms with Gasteiger partial charge in [0.25, 0.3) is 0 Å². The van der Waals surface area contributed by atoms with Gasteiger partial charge in [-0.25, -0.2) is 0 Å². The Labute approximate surface area is 175 Å². The lowest BCUT2D eigenvalue weighted by Crippen LogP contribution is -2.24. The normalized spacial score (nSPS) is 11.7. The first-order chi connectivity index (χ1) is 13.6. The van der Waals surface area contributed by atoms with Gasteiger partial charge in [0.05, 0.1) is 0 Å². The molecule has 1 aromatic carbocycles. The lowest BCUT2D eigenvalue weighted by Gasteiger charge is -2.23. The number of nitrogens with zero attached hydrogens (tertiary/aromatic N) is 2. The molecule has 0 aliphatic carbocycles. The van der Waals surface area contributed by atoms with Gasteiger partial charge in [0, 0.05) is 24.2 Å².